The number of thiazole rings is 1. The van der Waals surface area contributed by atoms with E-state index in [4.69, 9.17) is 9.47 Å². The molecule has 0 aromatic carbocycles. The lowest BCUT2D eigenvalue weighted by Crippen LogP contribution is -2.03. The number of hydrogen-bond acceptors (Lipinski definition) is 5. The molecule has 84 valence electrons. The van der Waals surface area contributed by atoms with Crippen LogP contribution in [0.3, 0.4) is 0 Å². The molecule has 1 aromatic rings. The highest BCUT2D eigenvalue weighted by Gasteiger charge is 2.11. The Morgan fingerprint density at radius 2 is 2.27 bits per heavy atom. The minimum absolute atomic E-state index is 0.193. The molecule has 0 fully saturated rings. The molecular formula is C10H15NO3S. The maximum Gasteiger partial charge on any atom is 0.293 e. The van der Waals surface area contributed by atoms with E-state index in [-0.39, 0.29) is 12.2 Å². The van der Waals surface area contributed by atoms with Crippen LogP contribution < -0.4 is 0 Å². The van der Waals surface area contributed by atoms with Crippen LogP contribution in [0, 0.1) is 0 Å². The molecule has 5 heteroatoms. The van der Waals surface area contributed by atoms with Gasteiger partial charge in [0.15, 0.2) is 0 Å². The van der Waals surface area contributed by atoms with Crippen molar-refractivity contribution in [1.82, 2.24) is 4.98 Å². The molecule has 0 aliphatic heterocycles. The van der Waals surface area contributed by atoms with Gasteiger partial charge in [0.05, 0.1) is 18.4 Å². The zero-order valence-corrected chi connectivity index (χ0v) is 9.91. The lowest BCUT2D eigenvalue weighted by Gasteiger charge is -2.05. The first-order valence-corrected chi connectivity index (χ1v) is 5.66. The lowest BCUT2D eigenvalue weighted by atomic mass is 10.4. The molecule has 0 N–H and O–H groups in total. The summed E-state index contributed by atoms with van der Waals surface area (Å²) in [4.78, 5) is 14.5. The highest BCUT2D eigenvalue weighted by atomic mass is 32.1. The molecule has 4 nitrogen and oxygen atoms in total. The van der Waals surface area contributed by atoms with Crippen LogP contribution in [-0.4, -0.2) is 17.6 Å². The first-order valence-electron chi connectivity index (χ1n) is 4.78. The van der Waals surface area contributed by atoms with Crippen LogP contribution in [0.25, 0.3) is 0 Å². The molecule has 1 unspecified atom stereocenters. The van der Waals surface area contributed by atoms with Crippen LogP contribution in [0.5, 0.6) is 0 Å². The summed E-state index contributed by atoms with van der Waals surface area (Å²) in [6.07, 6.45) is -0.0842. The molecule has 0 saturated carbocycles. The average Bonchev–Trinajstić information content (AvgIpc) is 2.63. The summed E-state index contributed by atoms with van der Waals surface area (Å²) < 4.78 is 10.2. The predicted octanol–water partition coefficient (Wildman–Crippen LogP) is 2.30. The Morgan fingerprint density at radius 3 is 2.87 bits per heavy atom. The van der Waals surface area contributed by atoms with E-state index in [0.29, 0.717) is 13.1 Å². The monoisotopic (exact) mass is 229 g/mol. The molecule has 0 bridgehead atoms. The van der Waals surface area contributed by atoms with E-state index in [1.165, 1.54) is 11.3 Å². The highest BCUT2D eigenvalue weighted by molar-refractivity contribution is 7.09. The van der Waals surface area contributed by atoms with Crippen LogP contribution in [0.1, 0.15) is 37.6 Å². The molecule has 0 aliphatic rings. The van der Waals surface area contributed by atoms with Gasteiger partial charge < -0.3 is 9.47 Å². The van der Waals surface area contributed by atoms with Crippen molar-refractivity contribution in [2.75, 3.05) is 0 Å². The SMILES string of the molecule is CC(C)OCc1csc(C(C)OC=O)n1. The fraction of sp³-hybridized carbons (Fsp3) is 0.600. The standard InChI is InChI=1S/C10H15NO3S/c1-7(2)13-4-9-5-15-10(11-9)8(3)14-6-12/h5-8H,4H2,1-3H3. The van der Waals surface area contributed by atoms with Crippen molar-refractivity contribution < 1.29 is 14.3 Å². The molecule has 0 saturated heterocycles. The average molecular weight is 229 g/mol. The Hall–Kier alpha value is -0.940. The summed E-state index contributed by atoms with van der Waals surface area (Å²) in [5.41, 5.74) is 0.880. The lowest BCUT2D eigenvalue weighted by molar-refractivity contribution is -0.133. The van der Waals surface area contributed by atoms with Gasteiger partial charge in [-0.2, -0.15) is 0 Å². The van der Waals surface area contributed by atoms with Crippen LogP contribution in [0.15, 0.2) is 5.38 Å². The third-order valence-electron chi connectivity index (χ3n) is 1.74. The Balaban J connectivity index is 2.51. The van der Waals surface area contributed by atoms with Crippen molar-refractivity contribution in [1.29, 1.82) is 0 Å². The second-order valence-corrected chi connectivity index (χ2v) is 4.30. The number of nitrogens with zero attached hydrogens (tertiary/aromatic N) is 1. The minimum Gasteiger partial charge on any atom is -0.457 e. The van der Waals surface area contributed by atoms with Crippen LogP contribution in [-0.2, 0) is 20.9 Å². The van der Waals surface area contributed by atoms with Crippen molar-refractivity contribution in [2.24, 2.45) is 0 Å². The number of ether oxygens (including phenoxy) is 2. The first kappa shape index (κ1) is 12.1. The Labute approximate surface area is 93.2 Å². The molecule has 0 radical (unpaired) electrons. The van der Waals surface area contributed by atoms with Crippen molar-refractivity contribution in [3.63, 3.8) is 0 Å². The maximum atomic E-state index is 10.1. The normalized spacial score (nSPS) is 12.8. The van der Waals surface area contributed by atoms with Crippen molar-refractivity contribution in [3.8, 4) is 0 Å². The van der Waals surface area contributed by atoms with Gasteiger partial charge in [0.1, 0.15) is 11.1 Å². The molecule has 0 aliphatic carbocycles. The second kappa shape index (κ2) is 5.82. The van der Waals surface area contributed by atoms with Gasteiger partial charge in [0.2, 0.25) is 0 Å². The van der Waals surface area contributed by atoms with E-state index in [1.807, 2.05) is 19.2 Å². The minimum atomic E-state index is -0.278. The molecule has 0 amide bonds. The van der Waals surface area contributed by atoms with Crippen molar-refractivity contribution >= 4 is 17.8 Å². The third-order valence-corrected chi connectivity index (χ3v) is 2.80. The maximum absolute atomic E-state index is 10.1. The van der Waals surface area contributed by atoms with E-state index >= 15 is 0 Å². The fourth-order valence-corrected chi connectivity index (χ4v) is 1.76. The molecule has 1 heterocycles. The number of rotatable bonds is 6. The van der Waals surface area contributed by atoms with Gasteiger partial charge in [-0.25, -0.2) is 4.98 Å². The van der Waals surface area contributed by atoms with Crippen molar-refractivity contribution in [2.45, 2.75) is 39.6 Å². The number of carbonyl (C=O) groups excluding carboxylic acids is 1. The Kier molecular flexibility index (Phi) is 4.71. The van der Waals surface area contributed by atoms with E-state index in [2.05, 4.69) is 4.98 Å². The summed E-state index contributed by atoms with van der Waals surface area (Å²) >= 11 is 1.47. The number of aromatic nitrogens is 1. The van der Waals surface area contributed by atoms with Gasteiger partial charge in [-0.05, 0) is 20.8 Å². The van der Waals surface area contributed by atoms with Gasteiger partial charge in [0, 0.05) is 5.38 Å². The molecular weight excluding hydrogens is 214 g/mol. The van der Waals surface area contributed by atoms with Crippen LogP contribution in [0.4, 0.5) is 0 Å². The van der Waals surface area contributed by atoms with Crippen LogP contribution >= 0.6 is 11.3 Å². The predicted molar refractivity (Wildman–Crippen MR) is 57.6 cm³/mol. The summed E-state index contributed by atoms with van der Waals surface area (Å²) in [6.45, 7) is 6.69. The topological polar surface area (TPSA) is 48.4 Å². The Morgan fingerprint density at radius 1 is 1.53 bits per heavy atom. The second-order valence-electron chi connectivity index (χ2n) is 3.41. The molecule has 15 heavy (non-hydrogen) atoms. The van der Waals surface area contributed by atoms with E-state index in [1.54, 1.807) is 6.92 Å². The van der Waals surface area contributed by atoms with E-state index in [0.717, 1.165) is 10.7 Å². The molecule has 1 rings (SSSR count). The molecule has 1 aromatic heterocycles. The summed E-state index contributed by atoms with van der Waals surface area (Å²) in [5, 5.41) is 2.71. The van der Waals surface area contributed by atoms with Gasteiger partial charge >= 0.3 is 0 Å². The van der Waals surface area contributed by atoms with Crippen LogP contribution in [0.2, 0.25) is 0 Å². The quantitative estimate of drug-likeness (QED) is 0.702. The number of carbonyl (C=O) groups is 1. The summed E-state index contributed by atoms with van der Waals surface area (Å²) in [6, 6.07) is 0. The zero-order chi connectivity index (χ0) is 11.3. The van der Waals surface area contributed by atoms with E-state index in [9.17, 15) is 4.79 Å². The largest absolute Gasteiger partial charge is 0.457 e. The van der Waals surface area contributed by atoms with E-state index < -0.39 is 0 Å². The highest BCUT2D eigenvalue weighted by Crippen LogP contribution is 2.20. The third kappa shape index (κ3) is 3.97. The Bertz CT molecular complexity index is 311. The smallest absolute Gasteiger partial charge is 0.293 e. The number of hydrogen-bond donors (Lipinski definition) is 0. The van der Waals surface area contributed by atoms with Gasteiger partial charge in [-0.15, -0.1) is 11.3 Å². The fourth-order valence-electron chi connectivity index (χ4n) is 0.969. The zero-order valence-electron chi connectivity index (χ0n) is 9.10. The molecule has 0 spiro atoms. The molecule has 1 atom stereocenters. The first-order chi connectivity index (χ1) is 7.13. The van der Waals surface area contributed by atoms with Gasteiger partial charge in [0.25, 0.3) is 6.47 Å². The summed E-state index contributed by atoms with van der Waals surface area (Å²) in [5.74, 6) is 0. The van der Waals surface area contributed by atoms with Gasteiger partial charge in [-0.3, -0.25) is 4.79 Å². The van der Waals surface area contributed by atoms with Gasteiger partial charge in [-0.1, -0.05) is 0 Å². The summed E-state index contributed by atoms with van der Waals surface area (Å²) in [7, 11) is 0. The van der Waals surface area contributed by atoms with Crippen molar-refractivity contribution in [3.05, 3.63) is 16.1 Å².